The lowest BCUT2D eigenvalue weighted by molar-refractivity contribution is -0.130. The molecule has 0 spiro atoms. The van der Waals surface area contributed by atoms with Gasteiger partial charge in [0.25, 0.3) is 17.0 Å². The topological polar surface area (TPSA) is 94.0 Å². The van der Waals surface area contributed by atoms with Crippen molar-refractivity contribution in [3.63, 3.8) is 0 Å². The van der Waals surface area contributed by atoms with Crippen LogP contribution in [-0.4, -0.2) is 39.7 Å². The van der Waals surface area contributed by atoms with Crippen molar-refractivity contribution in [2.45, 2.75) is 24.6 Å². The molecule has 34 heavy (non-hydrogen) atoms. The van der Waals surface area contributed by atoms with Crippen molar-refractivity contribution in [2.75, 3.05) is 12.9 Å². The van der Waals surface area contributed by atoms with E-state index in [2.05, 4.69) is 10.2 Å². The monoisotopic (exact) mass is 474 g/mol. The molecule has 2 aromatic heterocycles. The molecule has 0 bridgehead atoms. The number of hydrogen-bond donors (Lipinski definition) is 0. The van der Waals surface area contributed by atoms with Crippen LogP contribution in [0.4, 0.5) is 0 Å². The summed E-state index contributed by atoms with van der Waals surface area (Å²) in [4.78, 5) is 13.3. The second kappa shape index (κ2) is 9.56. The Labute approximate surface area is 200 Å². The SMILES string of the molecule is COc1ccc(C2CC(c3ccccc3)=NN2C(=O)CSc2nnc(-c3ccoc3C)o2)cc1. The highest BCUT2D eigenvalue weighted by atomic mass is 32.2. The van der Waals surface area contributed by atoms with Gasteiger partial charge in [0.15, 0.2) is 0 Å². The molecule has 0 saturated heterocycles. The lowest BCUT2D eigenvalue weighted by Gasteiger charge is -2.22. The van der Waals surface area contributed by atoms with Crippen LogP contribution < -0.4 is 4.74 Å². The van der Waals surface area contributed by atoms with Gasteiger partial charge in [0.2, 0.25) is 0 Å². The van der Waals surface area contributed by atoms with Crippen molar-refractivity contribution >= 4 is 23.4 Å². The van der Waals surface area contributed by atoms with Crippen molar-refractivity contribution < 1.29 is 18.4 Å². The van der Waals surface area contributed by atoms with Crippen molar-refractivity contribution in [1.29, 1.82) is 0 Å². The van der Waals surface area contributed by atoms with Gasteiger partial charge in [-0.2, -0.15) is 5.10 Å². The van der Waals surface area contributed by atoms with Crippen LogP contribution >= 0.6 is 11.8 Å². The number of hydrogen-bond acceptors (Lipinski definition) is 8. The van der Waals surface area contributed by atoms with Gasteiger partial charge in [-0.05, 0) is 36.2 Å². The van der Waals surface area contributed by atoms with Crippen molar-refractivity contribution in [1.82, 2.24) is 15.2 Å². The average molecular weight is 475 g/mol. The quantitative estimate of drug-likeness (QED) is 0.343. The molecule has 8 nitrogen and oxygen atoms in total. The van der Waals surface area contributed by atoms with E-state index in [1.807, 2.05) is 61.5 Å². The minimum absolute atomic E-state index is 0.115. The third-order valence-corrected chi connectivity index (χ3v) is 6.39. The average Bonchev–Trinajstić information content (AvgIpc) is 3.63. The number of ether oxygens (including phenoxy) is 1. The summed E-state index contributed by atoms with van der Waals surface area (Å²) in [5, 5.41) is 14.7. The van der Waals surface area contributed by atoms with E-state index < -0.39 is 0 Å². The van der Waals surface area contributed by atoms with Crippen LogP contribution in [0.15, 0.2) is 86.1 Å². The third kappa shape index (κ3) is 4.47. The summed E-state index contributed by atoms with van der Waals surface area (Å²) in [6.45, 7) is 1.82. The molecule has 9 heteroatoms. The largest absolute Gasteiger partial charge is 0.497 e. The van der Waals surface area contributed by atoms with Gasteiger partial charge in [0.05, 0.1) is 36.4 Å². The highest BCUT2D eigenvalue weighted by molar-refractivity contribution is 7.99. The molecule has 0 N–H and O–H groups in total. The molecule has 0 aliphatic carbocycles. The molecule has 2 aromatic carbocycles. The molecule has 1 aliphatic rings. The Morgan fingerprint density at radius 2 is 1.91 bits per heavy atom. The zero-order valence-electron chi connectivity index (χ0n) is 18.7. The molecule has 172 valence electrons. The smallest absolute Gasteiger partial charge is 0.277 e. The first-order chi connectivity index (χ1) is 16.6. The molecule has 3 heterocycles. The van der Waals surface area contributed by atoms with E-state index >= 15 is 0 Å². The number of aryl methyl sites for hydroxylation is 1. The number of thioether (sulfide) groups is 1. The van der Waals surface area contributed by atoms with E-state index in [4.69, 9.17) is 18.7 Å². The minimum Gasteiger partial charge on any atom is -0.497 e. The molecule has 1 atom stereocenters. The molecule has 4 aromatic rings. The maximum Gasteiger partial charge on any atom is 0.277 e. The van der Waals surface area contributed by atoms with Gasteiger partial charge in [-0.1, -0.05) is 54.2 Å². The predicted octanol–water partition coefficient (Wildman–Crippen LogP) is 5.12. The van der Waals surface area contributed by atoms with Crippen LogP contribution in [0.2, 0.25) is 0 Å². The molecule has 1 unspecified atom stereocenters. The molecule has 0 fully saturated rings. The van der Waals surface area contributed by atoms with Crippen LogP contribution in [0, 0.1) is 6.92 Å². The minimum atomic E-state index is -0.207. The summed E-state index contributed by atoms with van der Waals surface area (Å²) >= 11 is 1.19. The predicted molar refractivity (Wildman–Crippen MR) is 128 cm³/mol. The van der Waals surface area contributed by atoms with E-state index in [9.17, 15) is 4.79 Å². The lowest BCUT2D eigenvalue weighted by Crippen LogP contribution is -2.28. The van der Waals surface area contributed by atoms with E-state index in [1.165, 1.54) is 11.8 Å². The lowest BCUT2D eigenvalue weighted by atomic mass is 9.98. The van der Waals surface area contributed by atoms with Crippen LogP contribution in [0.1, 0.15) is 29.3 Å². The fraction of sp³-hybridized carbons (Fsp3) is 0.200. The van der Waals surface area contributed by atoms with E-state index in [1.54, 1.807) is 24.4 Å². The van der Waals surface area contributed by atoms with Gasteiger partial charge in [-0.25, -0.2) is 5.01 Å². The maximum atomic E-state index is 13.3. The Balaban J connectivity index is 1.34. The first-order valence-corrected chi connectivity index (χ1v) is 11.7. The van der Waals surface area contributed by atoms with Crippen LogP contribution in [-0.2, 0) is 4.79 Å². The second-order valence-corrected chi connectivity index (χ2v) is 8.62. The summed E-state index contributed by atoms with van der Waals surface area (Å²) in [6, 6.07) is 19.2. The zero-order valence-corrected chi connectivity index (χ0v) is 19.5. The number of methoxy groups -OCH3 is 1. The van der Waals surface area contributed by atoms with Crippen LogP contribution in [0.5, 0.6) is 5.75 Å². The van der Waals surface area contributed by atoms with E-state index in [0.29, 0.717) is 23.3 Å². The number of amides is 1. The second-order valence-electron chi connectivity index (χ2n) is 7.70. The third-order valence-electron chi connectivity index (χ3n) is 5.59. The first kappa shape index (κ1) is 22.0. The fourth-order valence-corrected chi connectivity index (χ4v) is 4.42. The molecule has 5 rings (SSSR count). The zero-order chi connectivity index (χ0) is 23.5. The maximum absolute atomic E-state index is 13.3. The van der Waals surface area contributed by atoms with Gasteiger partial charge in [0, 0.05) is 6.42 Å². The number of hydrazone groups is 1. The van der Waals surface area contributed by atoms with Gasteiger partial charge in [0.1, 0.15) is 11.5 Å². The first-order valence-electron chi connectivity index (χ1n) is 10.7. The van der Waals surface area contributed by atoms with Crippen LogP contribution in [0.25, 0.3) is 11.5 Å². The molecule has 1 amide bonds. The van der Waals surface area contributed by atoms with Crippen molar-refractivity contribution in [3.05, 3.63) is 83.8 Å². The Kier molecular flexibility index (Phi) is 6.18. The Morgan fingerprint density at radius 3 is 2.62 bits per heavy atom. The summed E-state index contributed by atoms with van der Waals surface area (Å²) in [5.74, 6) is 1.79. The number of aromatic nitrogens is 2. The molecule has 0 radical (unpaired) electrons. The number of benzene rings is 2. The number of carbonyl (C=O) groups excluding carboxylic acids is 1. The van der Waals surface area contributed by atoms with Crippen LogP contribution in [0.3, 0.4) is 0 Å². The Hall–Kier alpha value is -3.85. The summed E-state index contributed by atoms with van der Waals surface area (Å²) in [5.41, 5.74) is 3.60. The number of furan rings is 1. The summed E-state index contributed by atoms with van der Waals surface area (Å²) < 4.78 is 16.3. The highest BCUT2D eigenvalue weighted by Gasteiger charge is 2.33. The molecular formula is C25H22N4O4S. The van der Waals surface area contributed by atoms with E-state index in [-0.39, 0.29) is 17.7 Å². The fourth-order valence-electron chi connectivity index (χ4n) is 3.80. The van der Waals surface area contributed by atoms with Crippen molar-refractivity contribution in [3.8, 4) is 17.2 Å². The molecule has 1 aliphatic heterocycles. The normalized spacial score (nSPS) is 15.4. The highest BCUT2D eigenvalue weighted by Crippen LogP contribution is 2.34. The van der Waals surface area contributed by atoms with E-state index in [0.717, 1.165) is 28.2 Å². The number of rotatable bonds is 7. The van der Waals surface area contributed by atoms with Crippen molar-refractivity contribution in [2.24, 2.45) is 5.10 Å². The molecular weight excluding hydrogens is 452 g/mol. The number of nitrogens with zero attached hydrogens (tertiary/aromatic N) is 4. The van der Waals surface area contributed by atoms with Gasteiger partial charge < -0.3 is 13.6 Å². The van der Waals surface area contributed by atoms with Gasteiger partial charge in [-0.15, -0.1) is 10.2 Å². The summed E-state index contributed by atoms with van der Waals surface area (Å²) in [6.07, 6.45) is 2.19. The standard InChI is InChI=1S/C25H22N4O4S/c1-16-20(12-13-32-16)24-26-27-25(33-24)34-15-23(30)29-22(18-8-10-19(31-2)11-9-18)14-21(28-29)17-6-4-3-5-7-17/h3-13,22H,14-15H2,1-2H3. The van der Waals surface area contributed by atoms with Gasteiger partial charge in [-0.3, -0.25) is 4.79 Å². The molecule has 0 saturated carbocycles. The summed E-state index contributed by atoms with van der Waals surface area (Å²) in [7, 11) is 1.63. The Morgan fingerprint density at radius 1 is 1.12 bits per heavy atom. The number of carbonyl (C=O) groups is 1. The Bertz CT molecular complexity index is 1310. The van der Waals surface area contributed by atoms with Gasteiger partial charge >= 0.3 is 0 Å².